The fourth-order valence-corrected chi connectivity index (χ4v) is 1.36. The van der Waals surface area contributed by atoms with E-state index in [0.717, 1.165) is 6.61 Å². The van der Waals surface area contributed by atoms with Gasteiger partial charge in [-0.2, -0.15) is 0 Å². The zero-order chi connectivity index (χ0) is 10.2. The number of hydrogen-bond donors (Lipinski definition) is 0. The highest BCUT2D eigenvalue weighted by molar-refractivity contribution is 6.34. The summed E-state index contributed by atoms with van der Waals surface area (Å²) in [5, 5.41) is 1.19. The molecule has 1 fully saturated rings. The number of hydrogen-bond acceptors (Lipinski definition) is 2. The fourth-order valence-electron chi connectivity index (χ4n) is 1.02. The van der Waals surface area contributed by atoms with E-state index in [4.69, 9.17) is 32.7 Å². The van der Waals surface area contributed by atoms with Crippen molar-refractivity contribution in [1.29, 1.82) is 0 Å². The molecule has 4 heteroatoms. The second kappa shape index (κ2) is 3.61. The zero-order valence-electron chi connectivity index (χ0n) is 7.72. The molecule has 1 saturated heterocycles. The highest BCUT2D eigenvalue weighted by atomic mass is 35.5. The minimum atomic E-state index is -0.133. The molecule has 2 nitrogen and oxygen atoms in total. The van der Waals surface area contributed by atoms with Gasteiger partial charge in [-0.3, -0.25) is 0 Å². The van der Waals surface area contributed by atoms with Gasteiger partial charge in [-0.05, 0) is 19.1 Å². The van der Waals surface area contributed by atoms with Gasteiger partial charge in [-0.15, -0.1) is 0 Å². The lowest BCUT2D eigenvalue weighted by Crippen LogP contribution is -2.16. The predicted octanol–water partition coefficient (Wildman–Crippen LogP) is 3.16. The number of ether oxygens (including phenoxy) is 2. The van der Waals surface area contributed by atoms with Crippen LogP contribution in [-0.4, -0.2) is 18.8 Å². The summed E-state index contributed by atoms with van der Waals surface area (Å²) in [5.41, 5.74) is -0.133. The maximum Gasteiger partial charge on any atom is 0.139 e. The van der Waals surface area contributed by atoms with Gasteiger partial charge in [0.2, 0.25) is 0 Å². The van der Waals surface area contributed by atoms with Crippen LogP contribution in [0.15, 0.2) is 18.2 Å². The highest BCUT2D eigenvalue weighted by Crippen LogP contribution is 2.31. The second-order valence-corrected chi connectivity index (χ2v) is 4.45. The predicted molar refractivity (Wildman–Crippen MR) is 56.3 cm³/mol. The summed E-state index contributed by atoms with van der Waals surface area (Å²) in [5.74, 6) is 0.607. The van der Waals surface area contributed by atoms with E-state index < -0.39 is 0 Å². The van der Waals surface area contributed by atoms with Crippen molar-refractivity contribution in [3.63, 3.8) is 0 Å². The fraction of sp³-hybridized carbons (Fsp3) is 0.400. The molecule has 1 aromatic rings. The molecule has 1 aliphatic rings. The molecule has 1 heterocycles. The van der Waals surface area contributed by atoms with Gasteiger partial charge in [0, 0.05) is 11.1 Å². The van der Waals surface area contributed by atoms with Gasteiger partial charge in [0.1, 0.15) is 18.0 Å². The van der Waals surface area contributed by atoms with E-state index in [9.17, 15) is 0 Å². The molecule has 1 atom stereocenters. The molecule has 0 aromatic heterocycles. The minimum absolute atomic E-state index is 0.133. The summed E-state index contributed by atoms with van der Waals surface area (Å²) in [7, 11) is 0. The highest BCUT2D eigenvalue weighted by Gasteiger charge is 2.40. The average molecular weight is 233 g/mol. The second-order valence-electron chi connectivity index (χ2n) is 3.60. The summed E-state index contributed by atoms with van der Waals surface area (Å²) in [6, 6.07) is 5.15. The Labute approximate surface area is 92.7 Å². The SMILES string of the molecule is CC1(COc2cc(Cl)ccc2Cl)CO1. The van der Waals surface area contributed by atoms with Crippen molar-refractivity contribution in [2.75, 3.05) is 13.2 Å². The van der Waals surface area contributed by atoms with Gasteiger partial charge in [0.15, 0.2) is 0 Å². The standard InChI is InChI=1S/C10H10Cl2O2/c1-10(6-14-10)5-13-9-4-7(11)2-3-8(9)12/h2-4H,5-6H2,1H3. The van der Waals surface area contributed by atoms with E-state index in [1.165, 1.54) is 0 Å². The van der Waals surface area contributed by atoms with E-state index in [1.807, 2.05) is 6.92 Å². The van der Waals surface area contributed by atoms with Crippen molar-refractivity contribution in [3.8, 4) is 5.75 Å². The first-order valence-electron chi connectivity index (χ1n) is 4.31. The Balaban J connectivity index is 2.04. The van der Waals surface area contributed by atoms with Crippen LogP contribution in [0.4, 0.5) is 0 Å². The van der Waals surface area contributed by atoms with Crippen LogP contribution in [-0.2, 0) is 4.74 Å². The summed E-state index contributed by atoms with van der Waals surface area (Å²) in [4.78, 5) is 0. The van der Waals surface area contributed by atoms with Gasteiger partial charge < -0.3 is 9.47 Å². The van der Waals surface area contributed by atoms with Crippen LogP contribution in [0.3, 0.4) is 0 Å². The lowest BCUT2D eigenvalue weighted by molar-refractivity contribution is 0.202. The third-order valence-electron chi connectivity index (χ3n) is 2.06. The van der Waals surface area contributed by atoms with Crippen LogP contribution in [0.2, 0.25) is 10.0 Å². The van der Waals surface area contributed by atoms with Crippen LogP contribution in [0.5, 0.6) is 5.75 Å². The van der Waals surface area contributed by atoms with Gasteiger partial charge in [0.05, 0.1) is 11.6 Å². The van der Waals surface area contributed by atoms with E-state index in [0.29, 0.717) is 22.4 Å². The monoisotopic (exact) mass is 232 g/mol. The van der Waals surface area contributed by atoms with Crippen LogP contribution < -0.4 is 4.74 Å². The molecule has 0 spiro atoms. The number of rotatable bonds is 3. The Morgan fingerprint density at radius 3 is 2.86 bits per heavy atom. The van der Waals surface area contributed by atoms with Crippen LogP contribution in [0, 0.1) is 0 Å². The van der Waals surface area contributed by atoms with Crippen molar-refractivity contribution in [2.45, 2.75) is 12.5 Å². The maximum atomic E-state index is 5.92. The molecule has 0 amide bonds. The Kier molecular flexibility index (Phi) is 2.60. The molecule has 0 bridgehead atoms. The molecule has 76 valence electrons. The Bertz CT molecular complexity index is 348. The van der Waals surface area contributed by atoms with Crippen LogP contribution in [0.25, 0.3) is 0 Å². The number of epoxide rings is 1. The molecule has 1 unspecified atom stereocenters. The van der Waals surface area contributed by atoms with E-state index in [1.54, 1.807) is 18.2 Å². The van der Waals surface area contributed by atoms with Crippen molar-refractivity contribution in [1.82, 2.24) is 0 Å². The Morgan fingerprint density at radius 1 is 1.50 bits per heavy atom. The van der Waals surface area contributed by atoms with Gasteiger partial charge in [-0.25, -0.2) is 0 Å². The third-order valence-corrected chi connectivity index (χ3v) is 2.61. The van der Waals surface area contributed by atoms with Crippen molar-refractivity contribution in [3.05, 3.63) is 28.2 Å². The smallest absolute Gasteiger partial charge is 0.139 e. The maximum absolute atomic E-state index is 5.92. The first-order chi connectivity index (χ1) is 6.59. The van der Waals surface area contributed by atoms with Crippen molar-refractivity contribution < 1.29 is 9.47 Å². The van der Waals surface area contributed by atoms with Gasteiger partial charge in [0.25, 0.3) is 0 Å². The lowest BCUT2D eigenvalue weighted by Gasteiger charge is -2.10. The summed E-state index contributed by atoms with van der Waals surface area (Å²) < 4.78 is 10.7. The first kappa shape index (κ1) is 10.1. The molecule has 1 aliphatic heterocycles. The quantitative estimate of drug-likeness (QED) is 0.748. The molecule has 0 N–H and O–H groups in total. The normalized spacial score (nSPS) is 24.8. The largest absolute Gasteiger partial charge is 0.489 e. The molecular formula is C10H10Cl2O2. The topological polar surface area (TPSA) is 21.8 Å². The number of benzene rings is 1. The van der Waals surface area contributed by atoms with Gasteiger partial charge in [-0.1, -0.05) is 23.2 Å². The molecule has 0 aliphatic carbocycles. The number of halogens is 2. The van der Waals surface area contributed by atoms with E-state index in [2.05, 4.69) is 0 Å². The van der Waals surface area contributed by atoms with E-state index >= 15 is 0 Å². The average Bonchev–Trinajstić information content (AvgIpc) is 2.87. The molecule has 0 radical (unpaired) electrons. The summed E-state index contributed by atoms with van der Waals surface area (Å²) in [6.45, 7) is 3.24. The summed E-state index contributed by atoms with van der Waals surface area (Å²) in [6.07, 6.45) is 0. The Morgan fingerprint density at radius 2 is 2.21 bits per heavy atom. The van der Waals surface area contributed by atoms with E-state index in [-0.39, 0.29) is 5.60 Å². The van der Waals surface area contributed by atoms with Crippen LogP contribution in [0.1, 0.15) is 6.92 Å². The lowest BCUT2D eigenvalue weighted by atomic mass is 10.2. The third kappa shape index (κ3) is 2.32. The molecule has 0 saturated carbocycles. The van der Waals surface area contributed by atoms with Crippen LogP contribution >= 0.6 is 23.2 Å². The Hall–Kier alpha value is -0.440. The summed E-state index contributed by atoms with van der Waals surface area (Å²) >= 11 is 11.7. The first-order valence-corrected chi connectivity index (χ1v) is 5.06. The molecule has 2 rings (SSSR count). The minimum Gasteiger partial charge on any atom is -0.489 e. The molecule has 14 heavy (non-hydrogen) atoms. The van der Waals surface area contributed by atoms with Crippen molar-refractivity contribution in [2.24, 2.45) is 0 Å². The van der Waals surface area contributed by atoms with Crippen molar-refractivity contribution >= 4 is 23.2 Å². The zero-order valence-corrected chi connectivity index (χ0v) is 9.23. The van der Waals surface area contributed by atoms with Gasteiger partial charge >= 0.3 is 0 Å². The molecule has 1 aromatic carbocycles. The molecular weight excluding hydrogens is 223 g/mol.